The second kappa shape index (κ2) is 6.67. The summed E-state index contributed by atoms with van der Waals surface area (Å²) in [6.45, 7) is 5.95. The van der Waals surface area contributed by atoms with Crippen LogP contribution in [0.4, 0.5) is 5.69 Å². The molecule has 1 aliphatic heterocycles. The summed E-state index contributed by atoms with van der Waals surface area (Å²) < 4.78 is 0. The topological polar surface area (TPSA) is 75.5 Å². The van der Waals surface area contributed by atoms with Gasteiger partial charge in [-0.2, -0.15) is 0 Å². The Morgan fingerprint density at radius 2 is 2.29 bits per heavy atom. The van der Waals surface area contributed by atoms with Crippen molar-refractivity contribution >= 4 is 11.6 Å². The van der Waals surface area contributed by atoms with Gasteiger partial charge in [-0.1, -0.05) is 6.07 Å². The van der Waals surface area contributed by atoms with Gasteiger partial charge < -0.3 is 10.2 Å². The van der Waals surface area contributed by atoms with Gasteiger partial charge in [-0.05, 0) is 39.3 Å². The van der Waals surface area contributed by atoms with Crippen LogP contribution in [0.1, 0.15) is 35.7 Å². The molecule has 1 N–H and O–H groups in total. The summed E-state index contributed by atoms with van der Waals surface area (Å²) in [5.41, 5.74) is 0.866. The number of hydrogen-bond donors (Lipinski definition) is 1. The predicted octanol–water partition coefficient (Wildman–Crippen LogP) is 2.12. The Kier molecular flexibility index (Phi) is 4.90. The van der Waals surface area contributed by atoms with Crippen molar-refractivity contribution < 1.29 is 9.72 Å². The first-order valence-corrected chi connectivity index (χ1v) is 7.32. The van der Waals surface area contributed by atoms with Crippen LogP contribution in [-0.2, 0) is 0 Å². The number of carbonyl (C=O) groups is 1. The highest BCUT2D eigenvalue weighted by Gasteiger charge is 2.27. The lowest BCUT2D eigenvalue weighted by molar-refractivity contribution is -0.385. The van der Waals surface area contributed by atoms with Crippen molar-refractivity contribution in [3.05, 3.63) is 39.4 Å². The van der Waals surface area contributed by atoms with Gasteiger partial charge in [0.1, 0.15) is 0 Å². The molecule has 2 rings (SSSR count). The maximum Gasteiger partial charge on any atom is 0.273 e. The average Bonchev–Trinajstić information content (AvgIpc) is 2.49. The van der Waals surface area contributed by atoms with E-state index in [4.69, 9.17) is 0 Å². The fourth-order valence-electron chi connectivity index (χ4n) is 2.87. The number of nitrogens with zero attached hydrogens (tertiary/aromatic N) is 2. The second-order valence-electron chi connectivity index (χ2n) is 5.30. The molecule has 0 spiro atoms. The molecule has 6 nitrogen and oxygen atoms in total. The number of carbonyl (C=O) groups excluding carboxylic acids is 1. The third-order valence-electron chi connectivity index (χ3n) is 4.05. The van der Waals surface area contributed by atoms with Crippen molar-refractivity contribution in [3.8, 4) is 0 Å². The Morgan fingerprint density at radius 3 is 2.86 bits per heavy atom. The normalized spacial score (nSPS) is 18.3. The lowest BCUT2D eigenvalue weighted by Crippen LogP contribution is -2.48. The van der Waals surface area contributed by atoms with Gasteiger partial charge in [0.25, 0.3) is 11.6 Å². The number of piperidine rings is 1. The van der Waals surface area contributed by atoms with Crippen LogP contribution in [-0.4, -0.2) is 41.4 Å². The molecule has 0 saturated carbocycles. The molecule has 1 heterocycles. The molecule has 1 amide bonds. The first-order valence-electron chi connectivity index (χ1n) is 7.32. The minimum absolute atomic E-state index is 0.00123. The highest BCUT2D eigenvalue weighted by Crippen LogP contribution is 2.23. The zero-order valence-electron chi connectivity index (χ0n) is 12.5. The molecule has 0 aliphatic carbocycles. The Balaban J connectivity index is 2.29. The molecule has 0 bridgehead atoms. The predicted molar refractivity (Wildman–Crippen MR) is 80.4 cm³/mol. The van der Waals surface area contributed by atoms with Gasteiger partial charge in [-0.15, -0.1) is 0 Å². The molecule has 1 unspecified atom stereocenters. The Bertz CT molecular complexity index is 539. The van der Waals surface area contributed by atoms with Crippen LogP contribution in [0.2, 0.25) is 0 Å². The van der Waals surface area contributed by atoms with Crippen LogP contribution < -0.4 is 5.32 Å². The summed E-state index contributed by atoms with van der Waals surface area (Å²) in [4.78, 5) is 25.1. The lowest BCUT2D eigenvalue weighted by Gasteiger charge is -2.34. The standard InChI is InChI=1S/C15H21N3O3/c1-3-17(12-6-5-9-16-10-12)15(19)13-7-4-8-14(11(13)2)18(20)21/h4,7-8,12,16H,3,5-6,9-10H2,1-2H3. The maximum absolute atomic E-state index is 12.7. The highest BCUT2D eigenvalue weighted by molar-refractivity contribution is 5.96. The van der Waals surface area contributed by atoms with Crippen molar-refractivity contribution in [2.75, 3.05) is 19.6 Å². The summed E-state index contributed by atoms with van der Waals surface area (Å²) in [5.74, 6) is -0.118. The molecule has 0 aromatic heterocycles. The number of amides is 1. The largest absolute Gasteiger partial charge is 0.335 e. The van der Waals surface area contributed by atoms with Gasteiger partial charge in [0.2, 0.25) is 0 Å². The van der Waals surface area contributed by atoms with E-state index in [1.807, 2.05) is 11.8 Å². The fourth-order valence-corrected chi connectivity index (χ4v) is 2.87. The number of rotatable bonds is 4. The number of benzene rings is 1. The quantitative estimate of drug-likeness (QED) is 0.681. The molecule has 114 valence electrons. The van der Waals surface area contributed by atoms with E-state index in [-0.39, 0.29) is 17.6 Å². The van der Waals surface area contributed by atoms with E-state index < -0.39 is 4.92 Å². The van der Waals surface area contributed by atoms with Crippen molar-refractivity contribution in [2.24, 2.45) is 0 Å². The van der Waals surface area contributed by atoms with E-state index in [0.29, 0.717) is 17.7 Å². The Hall–Kier alpha value is -1.95. The third kappa shape index (κ3) is 3.21. The summed E-state index contributed by atoms with van der Waals surface area (Å²) in [5, 5.41) is 14.3. The van der Waals surface area contributed by atoms with Crippen LogP contribution in [0.25, 0.3) is 0 Å². The fraction of sp³-hybridized carbons (Fsp3) is 0.533. The molecular formula is C15H21N3O3. The van der Waals surface area contributed by atoms with Crippen molar-refractivity contribution in [3.63, 3.8) is 0 Å². The van der Waals surface area contributed by atoms with Crippen molar-refractivity contribution in [1.82, 2.24) is 10.2 Å². The third-order valence-corrected chi connectivity index (χ3v) is 4.05. The van der Waals surface area contributed by atoms with E-state index in [9.17, 15) is 14.9 Å². The number of hydrogen-bond acceptors (Lipinski definition) is 4. The Morgan fingerprint density at radius 1 is 1.52 bits per heavy atom. The summed E-state index contributed by atoms with van der Waals surface area (Å²) in [7, 11) is 0. The van der Waals surface area contributed by atoms with Crippen LogP contribution in [0, 0.1) is 17.0 Å². The summed E-state index contributed by atoms with van der Waals surface area (Å²) in [6.07, 6.45) is 2.02. The smallest absolute Gasteiger partial charge is 0.273 e. The minimum atomic E-state index is -0.440. The summed E-state index contributed by atoms with van der Waals surface area (Å²) in [6, 6.07) is 4.84. The lowest BCUT2D eigenvalue weighted by atomic mass is 10.0. The molecule has 1 saturated heterocycles. The van der Waals surface area contributed by atoms with Crippen LogP contribution in [0.3, 0.4) is 0 Å². The molecule has 21 heavy (non-hydrogen) atoms. The average molecular weight is 291 g/mol. The van der Waals surface area contributed by atoms with E-state index in [1.165, 1.54) is 6.07 Å². The van der Waals surface area contributed by atoms with Gasteiger partial charge in [0.05, 0.1) is 4.92 Å². The minimum Gasteiger partial charge on any atom is -0.335 e. The van der Waals surface area contributed by atoms with Gasteiger partial charge in [0, 0.05) is 36.3 Å². The zero-order valence-corrected chi connectivity index (χ0v) is 12.5. The maximum atomic E-state index is 12.7. The van der Waals surface area contributed by atoms with Crippen LogP contribution in [0.5, 0.6) is 0 Å². The van der Waals surface area contributed by atoms with Gasteiger partial charge in [-0.25, -0.2) is 0 Å². The van der Waals surface area contributed by atoms with E-state index in [0.717, 1.165) is 25.9 Å². The second-order valence-corrected chi connectivity index (χ2v) is 5.30. The summed E-state index contributed by atoms with van der Waals surface area (Å²) >= 11 is 0. The Labute approximate surface area is 124 Å². The monoisotopic (exact) mass is 291 g/mol. The molecule has 0 radical (unpaired) electrons. The molecule has 1 fully saturated rings. The number of nitro groups is 1. The van der Waals surface area contributed by atoms with Crippen LogP contribution in [0.15, 0.2) is 18.2 Å². The van der Waals surface area contributed by atoms with E-state index >= 15 is 0 Å². The molecule has 6 heteroatoms. The molecule has 1 aromatic rings. The van der Waals surface area contributed by atoms with Crippen molar-refractivity contribution in [2.45, 2.75) is 32.7 Å². The van der Waals surface area contributed by atoms with Crippen LogP contribution >= 0.6 is 0 Å². The number of likely N-dealkylation sites (N-methyl/N-ethyl adjacent to an activating group) is 1. The van der Waals surface area contributed by atoms with Gasteiger partial charge in [-0.3, -0.25) is 14.9 Å². The molecular weight excluding hydrogens is 270 g/mol. The first-order chi connectivity index (χ1) is 10.1. The molecule has 1 aromatic carbocycles. The molecule has 1 atom stereocenters. The SMILES string of the molecule is CCN(C(=O)c1cccc([N+](=O)[O-])c1C)C1CCCNC1. The number of nitrogens with one attached hydrogen (secondary N) is 1. The highest BCUT2D eigenvalue weighted by atomic mass is 16.6. The molecule has 1 aliphatic rings. The first kappa shape index (κ1) is 15.4. The van der Waals surface area contributed by atoms with E-state index in [1.54, 1.807) is 19.1 Å². The van der Waals surface area contributed by atoms with Crippen molar-refractivity contribution in [1.29, 1.82) is 0 Å². The van der Waals surface area contributed by atoms with Gasteiger partial charge in [0.15, 0.2) is 0 Å². The number of nitro benzene ring substituents is 1. The van der Waals surface area contributed by atoms with Gasteiger partial charge >= 0.3 is 0 Å². The van der Waals surface area contributed by atoms with E-state index in [2.05, 4.69) is 5.32 Å². The zero-order chi connectivity index (χ0) is 15.4.